The summed E-state index contributed by atoms with van der Waals surface area (Å²) in [6.45, 7) is 0. The number of aromatic nitrogens is 1. The van der Waals surface area contributed by atoms with Gasteiger partial charge in [0.05, 0.1) is 27.6 Å². The molecule has 0 saturated carbocycles. The van der Waals surface area contributed by atoms with E-state index in [0.29, 0.717) is 5.69 Å². The van der Waals surface area contributed by atoms with Crippen molar-refractivity contribution in [2.24, 2.45) is 0 Å². The third-order valence-corrected chi connectivity index (χ3v) is 3.85. The zero-order valence-electron chi connectivity index (χ0n) is 11.3. The van der Waals surface area contributed by atoms with Crippen LogP contribution in [0.15, 0.2) is 36.7 Å². The van der Waals surface area contributed by atoms with Gasteiger partial charge < -0.3 is 5.32 Å². The van der Waals surface area contributed by atoms with Gasteiger partial charge in [0.1, 0.15) is 0 Å². The van der Waals surface area contributed by atoms with Crippen LogP contribution >= 0.6 is 23.2 Å². The second kappa shape index (κ2) is 6.51. The number of nitrogens with one attached hydrogen (secondary N) is 2. The summed E-state index contributed by atoms with van der Waals surface area (Å²) in [5.74, 6) is -0.557. The minimum atomic E-state index is -3.53. The Morgan fingerprint density at radius 1 is 1.14 bits per heavy atom. The van der Waals surface area contributed by atoms with Crippen LogP contribution < -0.4 is 10.0 Å². The first-order valence-corrected chi connectivity index (χ1v) is 8.60. The third kappa shape index (κ3) is 4.09. The summed E-state index contributed by atoms with van der Waals surface area (Å²) in [5.41, 5.74) is 0.566. The standard InChI is InChI=1S/C13H11Cl2N3O3S/c1-22(20,21)18-10-3-2-9(14)11(12(10)15)13(19)17-8-4-6-16-7-5-8/h2-7,18H,1H3,(H,16,17,19). The summed E-state index contributed by atoms with van der Waals surface area (Å²) in [7, 11) is -3.53. The predicted octanol–water partition coefficient (Wildman–Crippen LogP) is 3.01. The van der Waals surface area contributed by atoms with Crippen molar-refractivity contribution in [2.45, 2.75) is 0 Å². The number of halogens is 2. The molecule has 22 heavy (non-hydrogen) atoms. The lowest BCUT2D eigenvalue weighted by atomic mass is 10.2. The number of hydrogen-bond donors (Lipinski definition) is 2. The molecule has 116 valence electrons. The van der Waals surface area contributed by atoms with Gasteiger partial charge in [-0.05, 0) is 24.3 Å². The number of rotatable bonds is 4. The number of hydrogen-bond acceptors (Lipinski definition) is 4. The van der Waals surface area contributed by atoms with Gasteiger partial charge in [-0.3, -0.25) is 14.5 Å². The molecule has 1 aromatic carbocycles. The molecular weight excluding hydrogens is 349 g/mol. The third-order valence-electron chi connectivity index (χ3n) is 2.55. The van der Waals surface area contributed by atoms with E-state index in [9.17, 15) is 13.2 Å². The fraction of sp³-hybridized carbons (Fsp3) is 0.0769. The molecule has 0 fully saturated rings. The maximum Gasteiger partial charge on any atom is 0.258 e. The fourth-order valence-electron chi connectivity index (χ4n) is 1.67. The Morgan fingerprint density at radius 2 is 1.77 bits per heavy atom. The van der Waals surface area contributed by atoms with Crippen molar-refractivity contribution in [3.8, 4) is 0 Å². The van der Waals surface area contributed by atoms with Crippen LogP contribution in [0.3, 0.4) is 0 Å². The Hall–Kier alpha value is -1.83. The van der Waals surface area contributed by atoms with Gasteiger partial charge in [0, 0.05) is 18.1 Å². The average Bonchev–Trinajstić information content (AvgIpc) is 2.42. The minimum absolute atomic E-state index is 0.0196. The van der Waals surface area contributed by atoms with Gasteiger partial charge in [-0.1, -0.05) is 23.2 Å². The Balaban J connectivity index is 2.37. The van der Waals surface area contributed by atoms with Crippen LogP contribution in [0.2, 0.25) is 10.0 Å². The number of amides is 1. The smallest absolute Gasteiger partial charge is 0.258 e. The van der Waals surface area contributed by atoms with Crippen LogP contribution in [0.1, 0.15) is 10.4 Å². The van der Waals surface area contributed by atoms with Crippen molar-refractivity contribution in [1.29, 1.82) is 0 Å². The van der Waals surface area contributed by atoms with Crippen molar-refractivity contribution in [3.05, 3.63) is 52.3 Å². The lowest BCUT2D eigenvalue weighted by Gasteiger charge is -2.12. The van der Waals surface area contributed by atoms with Gasteiger partial charge >= 0.3 is 0 Å². The maximum absolute atomic E-state index is 12.3. The molecule has 0 unspecified atom stereocenters. The van der Waals surface area contributed by atoms with E-state index in [2.05, 4.69) is 15.0 Å². The lowest BCUT2D eigenvalue weighted by Crippen LogP contribution is -2.15. The van der Waals surface area contributed by atoms with Crippen LogP contribution in [0.5, 0.6) is 0 Å². The largest absolute Gasteiger partial charge is 0.322 e. The van der Waals surface area contributed by atoms with Crippen molar-refractivity contribution in [2.75, 3.05) is 16.3 Å². The van der Waals surface area contributed by atoms with Crippen molar-refractivity contribution in [3.63, 3.8) is 0 Å². The van der Waals surface area contributed by atoms with E-state index in [1.807, 2.05) is 0 Å². The van der Waals surface area contributed by atoms with Gasteiger partial charge in [-0.15, -0.1) is 0 Å². The summed E-state index contributed by atoms with van der Waals surface area (Å²) < 4.78 is 24.8. The highest BCUT2D eigenvalue weighted by molar-refractivity contribution is 7.92. The van der Waals surface area contributed by atoms with Crippen LogP contribution in [0.4, 0.5) is 11.4 Å². The first-order valence-electron chi connectivity index (χ1n) is 5.95. The summed E-state index contributed by atoms with van der Waals surface area (Å²) in [6.07, 6.45) is 4.01. The number of benzene rings is 1. The SMILES string of the molecule is CS(=O)(=O)Nc1ccc(Cl)c(C(=O)Nc2ccncc2)c1Cl. The Morgan fingerprint density at radius 3 is 2.36 bits per heavy atom. The van der Waals surface area contributed by atoms with E-state index in [4.69, 9.17) is 23.2 Å². The first-order chi connectivity index (χ1) is 10.3. The Kier molecular flexibility index (Phi) is 4.90. The molecule has 1 heterocycles. The molecule has 0 aliphatic rings. The van der Waals surface area contributed by atoms with E-state index in [-0.39, 0.29) is 21.3 Å². The molecule has 0 atom stereocenters. The van der Waals surface area contributed by atoms with Crippen molar-refractivity contribution < 1.29 is 13.2 Å². The molecule has 1 amide bonds. The highest BCUT2D eigenvalue weighted by Crippen LogP contribution is 2.32. The molecule has 0 bridgehead atoms. The zero-order chi connectivity index (χ0) is 16.3. The highest BCUT2D eigenvalue weighted by atomic mass is 35.5. The van der Waals surface area contributed by atoms with Gasteiger partial charge in [-0.2, -0.15) is 0 Å². The molecule has 2 aromatic rings. The molecule has 0 spiro atoms. The normalized spacial score (nSPS) is 11.0. The number of anilines is 2. The van der Waals surface area contributed by atoms with E-state index >= 15 is 0 Å². The predicted molar refractivity (Wildman–Crippen MR) is 87.1 cm³/mol. The lowest BCUT2D eigenvalue weighted by molar-refractivity contribution is 0.102. The second-order valence-corrected chi connectivity index (χ2v) is 6.88. The van der Waals surface area contributed by atoms with Crippen molar-refractivity contribution in [1.82, 2.24) is 4.98 Å². The second-order valence-electron chi connectivity index (χ2n) is 4.35. The molecule has 6 nitrogen and oxygen atoms in total. The monoisotopic (exact) mass is 359 g/mol. The van der Waals surface area contributed by atoms with Crippen molar-refractivity contribution >= 4 is 50.5 Å². The van der Waals surface area contributed by atoms with Gasteiger partial charge in [0.25, 0.3) is 5.91 Å². The highest BCUT2D eigenvalue weighted by Gasteiger charge is 2.19. The number of carbonyl (C=O) groups excluding carboxylic acids is 1. The molecule has 0 radical (unpaired) electrons. The zero-order valence-corrected chi connectivity index (χ0v) is 13.6. The number of carbonyl (C=O) groups is 1. The van der Waals surface area contributed by atoms with E-state index < -0.39 is 15.9 Å². The fourth-order valence-corrected chi connectivity index (χ4v) is 2.88. The quantitative estimate of drug-likeness (QED) is 0.877. The summed E-state index contributed by atoms with van der Waals surface area (Å²) in [6, 6.07) is 5.97. The number of sulfonamides is 1. The van der Waals surface area contributed by atoms with Crippen LogP contribution in [-0.4, -0.2) is 25.6 Å². The molecule has 0 saturated heterocycles. The summed E-state index contributed by atoms with van der Waals surface area (Å²) in [4.78, 5) is 16.1. The Bertz CT molecular complexity index is 811. The Labute approximate surface area is 137 Å². The van der Waals surface area contributed by atoms with E-state index in [0.717, 1.165) is 6.26 Å². The van der Waals surface area contributed by atoms with E-state index in [1.54, 1.807) is 12.1 Å². The maximum atomic E-state index is 12.3. The van der Waals surface area contributed by atoms with Crippen LogP contribution in [0, 0.1) is 0 Å². The molecule has 2 N–H and O–H groups in total. The van der Waals surface area contributed by atoms with Gasteiger partial charge in [0.15, 0.2) is 0 Å². The topological polar surface area (TPSA) is 88.2 Å². The van der Waals surface area contributed by atoms with Crippen LogP contribution in [-0.2, 0) is 10.0 Å². The molecule has 0 aliphatic heterocycles. The van der Waals surface area contributed by atoms with Gasteiger partial charge in [0.2, 0.25) is 10.0 Å². The minimum Gasteiger partial charge on any atom is -0.322 e. The number of nitrogens with zero attached hydrogens (tertiary/aromatic N) is 1. The number of pyridine rings is 1. The van der Waals surface area contributed by atoms with Crippen LogP contribution in [0.25, 0.3) is 0 Å². The van der Waals surface area contributed by atoms with E-state index in [1.165, 1.54) is 24.5 Å². The summed E-state index contributed by atoms with van der Waals surface area (Å²) in [5, 5.41) is 2.63. The molecular formula is C13H11Cl2N3O3S. The van der Waals surface area contributed by atoms with Gasteiger partial charge in [-0.25, -0.2) is 8.42 Å². The molecule has 9 heteroatoms. The molecule has 2 rings (SSSR count). The average molecular weight is 360 g/mol. The molecule has 1 aromatic heterocycles. The summed E-state index contributed by atoms with van der Waals surface area (Å²) >= 11 is 12.1. The molecule has 0 aliphatic carbocycles. The first kappa shape index (κ1) is 16.5.